The van der Waals surface area contributed by atoms with Crippen LogP contribution >= 0.6 is 11.3 Å². The molecular weight excluding hydrogens is 306 g/mol. The molecule has 2 rings (SSSR count). The van der Waals surface area contributed by atoms with Crippen LogP contribution in [0.5, 0.6) is 0 Å². The SMILES string of the molecule is CCNCc1cc(S(=O)(=O)NCc2cnccc2C)cs1. The van der Waals surface area contributed by atoms with Crippen molar-refractivity contribution in [2.75, 3.05) is 6.54 Å². The number of aryl methyl sites for hydroxylation is 1. The summed E-state index contributed by atoms with van der Waals surface area (Å²) in [6.07, 6.45) is 3.38. The van der Waals surface area contributed by atoms with Gasteiger partial charge in [0.1, 0.15) is 0 Å². The van der Waals surface area contributed by atoms with Gasteiger partial charge in [-0.15, -0.1) is 11.3 Å². The van der Waals surface area contributed by atoms with Crippen molar-refractivity contribution in [1.82, 2.24) is 15.0 Å². The van der Waals surface area contributed by atoms with Crippen molar-refractivity contribution in [2.24, 2.45) is 0 Å². The summed E-state index contributed by atoms with van der Waals surface area (Å²) < 4.78 is 27.1. The first-order valence-electron chi connectivity index (χ1n) is 6.70. The van der Waals surface area contributed by atoms with Gasteiger partial charge in [-0.3, -0.25) is 4.98 Å². The fourth-order valence-electron chi connectivity index (χ4n) is 1.78. The molecular formula is C14H19N3O2S2. The van der Waals surface area contributed by atoms with Gasteiger partial charge in [0.05, 0.1) is 4.90 Å². The number of aromatic nitrogens is 1. The zero-order valence-electron chi connectivity index (χ0n) is 12.1. The van der Waals surface area contributed by atoms with Gasteiger partial charge in [-0.2, -0.15) is 0 Å². The minimum absolute atomic E-state index is 0.250. The van der Waals surface area contributed by atoms with E-state index < -0.39 is 10.0 Å². The normalized spacial score (nSPS) is 11.7. The molecule has 5 nitrogen and oxygen atoms in total. The highest BCUT2D eigenvalue weighted by Gasteiger charge is 2.16. The Morgan fingerprint density at radius 3 is 2.86 bits per heavy atom. The molecule has 0 saturated carbocycles. The number of thiophene rings is 1. The third-order valence-electron chi connectivity index (χ3n) is 3.09. The van der Waals surface area contributed by atoms with Crippen LogP contribution in [0.15, 0.2) is 34.8 Å². The second-order valence-corrected chi connectivity index (χ2v) is 7.42. The maximum atomic E-state index is 12.3. The van der Waals surface area contributed by atoms with E-state index >= 15 is 0 Å². The molecule has 0 aliphatic rings. The van der Waals surface area contributed by atoms with Gasteiger partial charge < -0.3 is 5.32 Å². The zero-order valence-corrected chi connectivity index (χ0v) is 13.7. The molecule has 0 aliphatic carbocycles. The molecule has 2 N–H and O–H groups in total. The lowest BCUT2D eigenvalue weighted by atomic mass is 10.2. The molecule has 0 fully saturated rings. The van der Waals surface area contributed by atoms with Gasteiger partial charge in [0.25, 0.3) is 0 Å². The highest BCUT2D eigenvalue weighted by Crippen LogP contribution is 2.19. The molecule has 0 amide bonds. The van der Waals surface area contributed by atoms with Crippen LogP contribution in [0.2, 0.25) is 0 Å². The summed E-state index contributed by atoms with van der Waals surface area (Å²) in [7, 11) is -3.47. The molecule has 2 heterocycles. The van der Waals surface area contributed by atoms with Crippen LogP contribution in [-0.4, -0.2) is 19.9 Å². The number of nitrogens with zero attached hydrogens (tertiary/aromatic N) is 1. The van der Waals surface area contributed by atoms with Crippen LogP contribution < -0.4 is 10.0 Å². The van der Waals surface area contributed by atoms with Crippen LogP contribution in [-0.2, 0) is 23.1 Å². The Morgan fingerprint density at radius 1 is 1.33 bits per heavy atom. The molecule has 0 unspecified atom stereocenters. The van der Waals surface area contributed by atoms with Gasteiger partial charge in [-0.25, -0.2) is 13.1 Å². The van der Waals surface area contributed by atoms with Crippen LogP contribution in [0.3, 0.4) is 0 Å². The Hall–Kier alpha value is -1.28. The average Bonchev–Trinajstić information content (AvgIpc) is 2.94. The minimum atomic E-state index is -3.47. The van der Waals surface area contributed by atoms with Crippen molar-refractivity contribution in [3.8, 4) is 0 Å². The first kappa shape index (κ1) is 16.1. The highest BCUT2D eigenvalue weighted by molar-refractivity contribution is 7.89. The fraction of sp³-hybridized carbons (Fsp3) is 0.357. The smallest absolute Gasteiger partial charge is 0.241 e. The van der Waals surface area contributed by atoms with Gasteiger partial charge in [0.2, 0.25) is 10.0 Å². The van der Waals surface area contributed by atoms with Gasteiger partial charge in [0.15, 0.2) is 0 Å². The Bertz CT molecular complexity index is 696. The summed E-state index contributed by atoms with van der Waals surface area (Å²) in [6.45, 7) is 5.75. The predicted molar refractivity (Wildman–Crippen MR) is 84.7 cm³/mol. The summed E-state index contributed by atoms with van der Waals surface area (Å²) in [4.78, 5) is 5.35. The highest BCUT2D eigenvalue weighted by atomic mass is 32.2. The monoisotopic (exact) mass is 325 g/mol. The van der Waals surface area contributed by atoms with Crippen molar-refractivity contribution in [2.45, 2.75) is 31.8 Å². The van der Waals surface area contributed by atoms with Crippen LogP contribution in [0.1, 0.15) is 22.9 Å². The molecule has 114 valence electrons. The Labute approximate surface area is 129 Å². The molecule has 7 heteroatoms. The molecule has 0 radical (unpaired) electrons. The third-order valence-corrected chi connectivity index (χ3v) is 5.56. The van der Waals surface area contributed by atoms with E-state index in [0.717, 1.165) is 22.5 Å². The Balaban J connectivity index is 2.05. The summed E-state index contributed by atoms with van der Waals surface area (Å²) in [6, 6.07) is 3.58. The average molecular weight is 325 g/mol. The third kappa shape index (κ3) is 4.34. The minimum Gasteiger partial charge on any atom is -0.312 e. The molecule has 0 spiro atoms. The number of sulfonamides is 1. The predicted octanol–water partition coefficient (Wildman–Crippen LogP) is 2.04. The van der Waals surface area contributed by atoms with E-state index in [1.807, 2.05) is 19.9 Å². The molecule has 2 aromatic heterocycles. The quantitative estimate of drug-likeness (QED) is 0.817. The van der Waals surface area contributed by atoms with E-state index in [1.54, 1.807) is 23.8 Å². The Kier molecular flexibility index (Phi) is 5.46. The fourth-order valence-corrected chi connectivity index (χ4v) is 4.03. The van der Waals surface area contributed by atoms with E-state index in [9.17, 15) is 8.42 Å². The van der Waals surface area contributed by atoms with Crippen LogP contribution in [0, 0.1) is 6.92 Å². The number of rotatable bonds is 7. The van der Waals surface area contributed by atoms with E-state index in [-0.39, 0.29) is 6.54 Å². The zero-order chi connectivity index (χ0) is 15.3. The maximum absolute atomic E-state index is 12.3. The Morgan fingerprint density at radius 2 is 2.14 bits per heavy atom. The number of hydrogen-bond donors (Lipinski definition) is 2. The second-order valence-electron chi connectivity index (χ2n) is 4.66. The van der Waals surface area contributed by atoms with Crippen molar-refractivity contribution in [3.05, 3.63) is 45.9 Å². The molecule has 2 aromatic rings. The van der Waals surface area contributed by atoms with E-state index in [2.05, 4.69) is 15.0 Å². The summed E-state index contributed by atoms with van der Waals surface area (Å²) >= 11 is 1.45. The van der Waals surface area contributed by atoms with Gasteiger partial charge in [-0.05, 0) is 36.7 Å². The molecule has 0 aromatic carbocycles. The number of pyridine rings is 1. The van der Waals surface area contributed by atoms with Crippen LogP contribution in [0.25, 0.3) is 0 Å². The van der Waals surface area contributed by atoms with E-state index in [0.29, 0.717) is 11.4 Å². The van der Waals surface area contributed by atoms with E-state index in [1.165, 1.54) is 11.3 Å². The van der Waals surface area contributed by atoms with Gasteiger partial charge in [-0.1, -0.05) is 6.92 Å². The number of hydrogen-bond acceptors (Lipinski definition) is 5. The lowest BCUT2D eigenvalue weighted by molar-refractivity contribution is 0.581. The standard InChI is InChI=1S/C14H19N3O2S2/c1-3-15-9-13-6-14(10-20-13)21(18,19)17-8-12-7-16-5-4-11(12)2/h4-7,10,15,17H,3,8-9H2,1-2H3. The van der Waals surface area contributed by atoms with Crippen molar-refractivity contribution in [1.29, 1.82) is 0 Å². The molecule has 0 atom stereocenters. The lowest BCUT2D eigenvalue weighted by Crippen LogP contribution is -2.23. The maximum Gasteiger partial charge on any atom is 0.241 e. The summed E-state index contributed by atoms with van der Waals surface area (Å²) in [5.41, 5.74) is 1.90. The van der Waals surface area contributed by atoms with Crippen molar-refractivity contribution < 1.29 is 8.42 Å². The summed E-state index contributed by atoms with van der Waals surface area (Å²) in [5.74, 6) is 0. The second kappa shape index (κ2) is 7.13. The van der Waals surface area contributed by atoms with Crippen molar-refractivity contribution in [3.63, 3.8) is 0 Å². The van der Waals surface area contributed by atoms with E-state index in [4.69, 9.17) is 0 Å². The van der Waals surface area contributed by atoms with Gasteiger partial charge >= 0.3 is 0 Å². The van der Waals surface area contributed by atoms with Crippen molar-refractivity contribution >= 4 is 21.4 Å². The van der Waals surface area contributed by atoms with Gasteiger partial charge in [0, 0.05) is 35.7 Å². The molecule has 0 aliphatic heterocycles. The molecule has 0 bridgehead atoms. The topological polar surface area (TPSA) is 71.1 Å². The summed E-state index contributed by atoms with van der Waals surface area (Å²) in [5, 5.41) is 4.85. The first-order chi connectivity index (χ1) is 10.0. The molecule has 21 heavy (non-hydrogen) atoms. The largest absolute Gasteiger partial charge is 0.312 e. The number of nitrogens with one attached hydrogen (secondary N) is 2. The van der Waals surface area contributed by atoms with Crippen LogP contribution in [0.4, 0.5) is 0 Å². The first-order valence-corrected chi connectivity index (χ1v) is 9.06. The molecule has 0 saturated heterocycles. The lowest BCUT2D eigenvalue weighted by Gasteiger charge is -2.07.